The molecule has 0 fully saturated rings. The molecule has 0 atom stereocenters. The molecule has 1 amide bonds. The number of benzene rings is 1. The lowest BCUT2D eigenvalue weighted by Gasteiger charge is -2.08. The minimum absolute atomic E-state index is 0.214. The number of halogens is 1. The van der Waals surface area contributed by atoms with Gasteiger partial charge in [0.1, 0.15) is 0 Å². The van der Waals surface area contributed by atoms with E-state index in [0.29, 0.717) is 0 Å². The Kier molecular flexibility index (Phi) is 4.44. The molecule has 4 nitrogen and oxygen atoms in total. The van der Waals surface area contributed by atoms with Crippen LogP contribution < -0.4 is 5.32 Å². The zero-order valence-electron chi connectivity index (χ0n) is 8.83. The van der Waals surface area contributed by atoms with E-state index in [2.05, 4.69) is 5.32 Å². The SMILES string of the molecule is CCOC(=O)c1ccccc1NC(=O)CF. The van der Waals surface area contributed by atoms with Crippen molar-refractivity contribution < 1.29 is 18.7 Å². The number of amides is 1. The van der Waals surface area contributed by atoms with Gasteiger partial charge in [-0.15, -0.1) is 0 Å². The summed E-state index contributed by atoms with van der Waals surface area (Å²) in [5.41, 5.74) is 0.467. The number of rotatable bonds is 4. The van der Waals surface area contributed by atoms with Crippen molar-refractivity contribution in [3.8, 4) is 0 Å². The van der Waals surface area contributed by atoms with Gasteiger partial charge in [0.15, 0.2) is 6.67 Å². The second-order valence-electron chi connectivity index (χ2n) is 2.95. The van der Waals surface area contributed by atoms with Crippen LogP contribution in [-0.4, -0.2) is 25.2 Å². The monoisotopic (exact) mass is 225 g/mol. The first-order chi connectivity index (χ1) is 7.69. The highest BCUT2D eigenvalue weighted by molar-refractivity contribution is 6.01. The van der Waals surface area contributed by atoms with Gasteiger partial charge in [0.05, 0.1) is 17.9 Å². The van der Waals surface area contributed by atoms with E-state index in [4.69, 9.17) is 4.74 Å². The summed E-state index contributed by atoms with van der Waals surface area (Å²) in [5.74, 6) is -1.34. The van der Waals surface area contributed by atoms with E-state index in [-0.39, 0.29) is 17.9 Å². The number of para-hydroxylation sites is 1. The smallest absolute Gasteiger partial charge is 0.340 e. The van der Waals surface area contributed by atoms with Crippen molar-refractivity contribution in [2.24, 2.45) is 0 Å². The molecule has 0 spiro atoms. The van der Waals surface area contributed by atoms with Crippen LogP contribution in [-0.2, 0) is 9.53 Å². The fraction of sp³-hybridized carbons (Fsp3) is 0.273. The topological polar surface area (TPSA) is 55.4 Å². The van der Waals surface area contributed by atoms with E-state index in [1.165, 1.54) is 12.1 Å². The van der Waals surface area contributed by atoms with Crippen molar-refractivity contribution in [2.75, 3.05) is 18.6 Å². The minimum atomic E-state index is -1.13. The molecule has 0 aliphatic carbocycles. The predicted octanol–water partition coefficient (Wildman–Crippen LogP) is 1.77. The van der Waals surface area contributed by atoms with Crippen LogP contribution in [0.5, 0.6) is 0 Å². The van der Waals surface area contributed by atoms with Gasteiger partial charge in [-0.1, -0.05) is 12.1 Å². The number of alkyl halides is 1. The van der Waals surface area contributed by atoms with Crippen molar-refractivity contribution in [1.82, 2.24) is 0 Å². The van der Waals surface area contributed by atoms with E-state index >= 15 is 0 Å². The zero-order valence-corrected chi connectivity index (χ0v) is 8.83. The number of esters is 1. The van der Waals surface area contributed by atoms with Gasteiger partial charge in [0.25, 0.3) is 5.91 Å². The number of hydrogen-bond acceptors (Lipinski definition) is 3. The molecule has 0 unspecified atom stereocenters. The molecule has 0 heterocycles. The van der Waals surface area contributed by atoms with Crippen LogP contribution in [0.15, 0.2) is 24.3 Å². The largest absolute Gasteiger partial charge is 0.462 e. The molecule has 1 aromatic carbocycles. The predicted molar refractivity (Wildman–Crippen MR) is 57.0 cm³/mol. The number of ether oxygens (including phenoxy) is 1. The minimum Gasteiger partial charge on any atom is -0.462 e. The van der Waals surface area contributed by atoms with Crippen molar-refractivity contribution in [3.63, 3.8) is 0 Å². The molecule has 5 heteroatoms. The lowest BCUT2D eigenvalue weighted by Crippen LogP contribution is -2.16. The average molecular weight is 225 g/mol. The van der Waals surface area contributed by atoms with Gasteiger partial charge in [0.2, 0.25) is 0 Å². The molecule has 0 radical (unpaired) electrons. The molecule has 16 heavy (non-hydrogen) atoms. The first-order valence-electron chi connectivity index (χ1n) is 4.81. The molecule has 0 saturated carbocycles. The summed E-state index contributed by atoms with van der Waals surface area (Å²) < 4.78 is 16.8. The summed E-state index contributed by atoms with van der Waals surface area (Å²) in [4.78, 5) is 22.3. The Morgan fingerprint density at radius 2 is 2.06 bits per heavy atom. The number of hydrogen-bond donors (Lipinski definition) is 1. The maximum Gasteiger partial charge on any atom is 0.340 e. The molecule has 0 aliphatic heterocycles. The van der Waals surface area contributed by atoms with Crippen molar-refractivity contribution in [2.45, 2.75) is 6.92 Å². The standard InChI is InChI=1S/C11H12FNO3/c1-2-16-11(15)8-5-3-4-6-9(8)13-10(14)7-12/h3-6H,2,7H2,1H3,(H,13,14). The van der Waals surface area contributed by atoms with Crippen LogP contribution >= 0.6 is 0 Å². The van der Waals surface area contributed by atoms with E-state index in [1.54, 1.807) is 19.1 Å². The van der Waals surface area contributed by atoms with Gasteiger partial charge in [-0.05, 0) is 19.1 Å². The Morgan fingerprint density at radius 1 is 1.38 bits per heavy atom. The molecular weight excluding hydrogens is 213 g/mol. The highest BCUT2D eigenvalue weighted by Gasteiger charge is 2.13. The maximum absolute atomic E-state index is 12.0. The summed E-state index contributed by atoms with van der Waals surface area (Å²) in [6.07, 6.45) is 0. The summed E-state index contributed by atoms with van der Waals surface area (Å²) in [7, 11) is 0. The summed E-state index contributed by atoms with van der Waals surface area (Å²) in [6, 6.07) is 6.29. The Hall–Kier alpha value is -1.91. The van der Waals surface area contributed by atoms with Gasteiger partial charge >= 0.3 is 5.97 Å². The highest BCUT2D eigenvalue weighted by Crippen LogP contribution is 2.16. The first kappa shape index (κ1) is 12.2. The van der Waals surface area contributed by atoms with E-state index in [9.17, 15) is 14.0 Å². The van der Waals surface area contributed by atoms with E-state index in [1.807, 2.05) is 0 Å². The number of carbonyl (C=O) groups is 2. The van der Waals surface area contributed by atoms with Crippen LogP contribution in [0.2, 0.25) is 0 Å². The molecule has 0 aromatic heterocycles. The van der Waals surface area contributed by atoms with Crippen molar-refractivity contribution >= 4 is 17.6 Å². The highest BCUT2D eigenvalue weighted by atomic mass is 19.1. The Balaban J connectivity index is 2.91. The molecule has 86 valence electrons. The Labute approximate surface area is 92.4 Å². The maximum atomic E-state index is 12.0. The fourth-order valence-electron chi connectivity index (χ4n) is 1.16. The lowest BCUT2D eigenvalue weighted by atomic mass is 10.2. The second kappa shape index (κ2) is 5.85. The molecular formula is C11H12FNO3. The summed E-state index contributed by atoms with van der Waals surface area (Å²) >= 11 is 0. The van der Waals surface area contributed by atoms with Crippen LogP contribution in [0.25, 0.3) is 0 Å². The van der Waals surface area contributed by atoms with Crippen LogP contribution in [0.3, 0.4) is 0 Å². The molecule has 1 aromatic rings. The molecule has 0 aliphatic rings. The Bertz CT molecular complexity index is 393. The number of nitrogens with one attached hydrogen (secondary N) is 1. The van der Waals surface area contributed by atoms with Crippen LogP contribution in [0, 0.1) is 0 Å². The molecule has 1 rings (SSSR count). The summed E-state index contributed by atoms with van der Waals surface area (Å²) in [5, 5.41) is 2.28. The normalized spacial score (nSPS) is 9.62. The second-order valence-corrected chi connectivity index (χ2v) is 2.95. The van der Waals surface area contributed by atoms with Crippen LogP contribution in [0.1, 0.15) is 17.3 Å². The van der Waals surface area contributed by atoms with E-state index in [0.717, 1.165) is 0 Å². The average Bonchev–Trinajstić information content (AvgIpc) is 2.30. The van der Waals surface area contributed by atoms with Crippen molar-refractivity contribution in [1.29, 1.82) is 0 Å². The van der Waals surface area contributed by atoms with Crippen molar-refractivity contribution in [3.05, 3.63) is 29.8 Å². The number of carbonyl (C=O) groups excluding carboxylic acids is 2. The fourth-order valence-corrected chi connectivity index (χ4v) is 1.16. The summed E-state index contributed by atoms with van der Waals surface area (Å²) in [6.45, 7) is 0.794. The third-order valence-electron chi connectivity index (χ3n) is 1.82. The van der Waals surface area contributed by atoms with Gasteiger partial charge in [-0.3, -0.25) is 4.79 Å². The third-order valence-corrected chi connectivity index (χ3v) is 1.82. The van der Waals surface area contributed by atoms with Crippen LogP contribution in [0.4, 0.5) is 10.1 Å². The van der Waals surface area contributed by atoms with E-state index < -0.39 is 18.6 Å². The Morgan fingerprint density at radius 3 is 2.69 bits per heavy atom. The first-order valence-corrected chi connectivity index (χ1v) is 4.81. The van der Waals surface area contributed by atoms with Gasteiger partial charge in [-0.2, -0.15) is 0 Å². The quantitative estimate of drug-likeness (QED) is 0.794. The molecule has 1 N–H and O–H groups in total. The third kappa shape index (κ3) is 3.05. The zero-order chi connectivity index (χ0) is 12.0. The number of anilines is 1. The van der Waals surface area contributed by atoms with Gasteiger partial charge in [0, 0.05) is 0 Å². The van der Waals surface area contributed by atoms with Gasteiger partial charge in [-0.25, -0.2) is 9.18 Å². The van der Waals surface area contributed by atoms with Gasteiger partial charge < -0.3 is 10.1 Å². The molecule has 0 saturated heterocycles. The lowest BCUT2D eigenvalue weighted by molar-refractivity contribution is -0.117. The molecule has 0 bridgehead atoms.